The number of hydrogen-bond acceptors (Lipinski definition) is 3. The first-order valence-electron chi connectivity index (χ1n) is 11.0. The van der Waals surface area contributed by atoms with E-state index in [1.54, 1.807) is 0 Å². The standard InChI is InChI=1S/C22H41NO3/c24-22-20-18-16-14-12-10-8-6-4-2-1-3-5-7-9-11-13-15-17-19-21-23(25)26/h3,5,22H,1-2,4,6-21H2/b5-3-. The molecule has 0 aliphatic heterocycles. The molecule has 0 atom stereocenters. The molecule has 0 amide bonds. The van der Waals surface area contributed by atoms with Crippen LogP contribution in [0.5, 0.6) is 0 Å². The molecule has 26 heavy (non-hydrogen) atoms. The number of rotatable bonds is 21. The number of carbonyl (C=O) groups is 1. The lowest BCUT2D eigenvalue weighted by Gasteiger charge is -2.01. The fourth-order valence-corrected chi connectivity index (χ4v) is 3.17. The van der Waals surface area contributed by atoms with Crippen molar-refractivity contribution in [2.75, 3.05) is 6.54 Å². The van der Waals surface area contributed by atoms with E-state index in [0.29, 0.717) is 0 Å². The van der Waals surface area contributed by atoms with Crippen molar-refractivity contribution >= 4 is 6.29 Å². The van der Waals surface area contributed by atoms with Gasteiger partial charge in [-0.15, -0.1) is 0 Å². The molecule has 0 heterocycles. The third-order valence-corrected chi connectivity index (χ3v) is 4.82. The van der Waals surface area contributed by atoms with Crippen molar-refractivity contribution in [2.24, 2.45) is 0 Å². The number of nitrogens with zero attached hydrogens (tertiary/aromatic N) is 1. The van der Waals surface area contributed by atoms with Gasteiger partial charge in [0.25, 0.3) is 0 Å². The molecule has 0 N–H and O–H groups in total. The van der Waals surface area contributed by atoms with Gasteiger partial charge >= 0.3 is 0 Å². The molecule has 152 valence electrons. The second kappa shape index (κ2) is 21.9. The Hall–Kier alpha value is -1.19. The molecule has 0 unspecified atom stereocenters. The highest BCUT2D eigenvalue weighted by Gasteiger charge is 1.96. The summed E-state index contributed by atoms with van der Waals surface area (Å²) in [6.07, 6.45) is 27.0. The van der Waals surface area contributed by atoms with Crippen LogP contribution in [0.3, 0.4) is 0 Å². The number of nitro groups is 1. The van der Waals surface area contributed by atoms with Crippen LogP contribution in [0, 0.1) is 10.1 Å². The minimum atomic E-state index is -0.218. The Morgan fingerprint density at radius 1 is 0.538 bits per heavy atom. The number of aldehydes is 1. The van der Waals surface area contributed by atoms with Gasteiger partial charge in [0.2, 0.25) is 6.54 Å². The lowest BCUT2D eigenvalue weighted by atomic mass is 10.1. The zero-order valence-electron chi connectivity index (χ0n) is 16.8. The van der Waals surface area contributed by atoms with E-state index in [1.165, 1.54) is 83.5 Å². The third-order valence-electron chi connectivity index (χ3n) is 4.82. The zero-order valence-corrected chi connectivity index (χ0v) is 16.8. The van der Waals surface area contributed by atoms with Crippen LogP contribution < -0.4 is 0 Å². The van der Waals surface area contributed by atoms with E-state index < -0.39 is 0 Å². The average molecular weight is 368 g/mol. The first kappa shape index (κ1) is 24.8. The molecular weight excluding hydrogens is 326 g/mol. The zero-order chi connectivity index (χ0) is 19.1. The highest BCUT2D eigenvalue weighted by atomic mass is 16.6. The van der Waals surface area contributed by atoms with E-state index >= 15 is 0 Å². The van der Waals surface area contributed by atoms with Crippen molar-refractivity contribution in [3.8, 4) is 0 Å². The summed E-state index contributed by atoms with van der Waals surface area (Å²) in [4.78, 5) is 20.2. The van der Waals surface area contributed by atoms with Crippen LogP contribution in [-0.2, 0) is 4.79 Å². The Bertz CT molecular complexity index is 342. The first-order chi connectivity index (χ1) is 12.8. The van der Waals surface area contributed by atoms with Gasteiger partial charge < -0.3 is 4.79 Å². The lowest BCUT2D eigenvalue weighted by Crippen LogP contribution is -1.99. The van der Waals surface area contributed by atoms with Gasteiger partial charge in [-0.25, -0.2) is 0 Å². The van der Waals surface area contributed by atoms with Crippen LogP contribution in [0.2, 0.25) is 0 Å². The van der Waals surface area contributed by atoms with Crippen LogP contribution in [0.4, 0.5) is 0 Å². The maximum atomic E-state index is 10.2. The molecule has 0 saturated carbocycles. The molecule has 0 bridgehead atoms. The summed E-state index contributed by atoms with van der Waals surface area (Å²) in [5.74, 6) is 0. The normalized spacial score (nSPS) is 11.2. The molecule has 0 aromatic carbocycles. The highest BCUT2D eigenvalue weighted by molar-refractivity contribution is 5.48. The molecule has 0 radical (unpaired) electrons. The van der Waals surface area contributed by atoms with E-state index in [4.69, 9.17) is 0 Å². The SMILES string of the molecule is O=CCCCCCCCCCCC/C=C\CCCCCCCC[N+](=O)[O-]. The Labute approximate surface area is 161 Å². The van der Waals surface area contributed by atoms with Gasteiger partial charge in [0.1, 0.15) is 6.29 Å². The van der Waals surface area contributed by atoms with Crippen LogP contribution in [0.15, 0.2) is 12.2 Å². The van der Waals surface area contributed by atoms with E-state index in [2.05, 4.69) is 12.2 Å². The lowest BCUT2D eigenvalue weighted by molar-refractivity contribution is -0.480. The predicted octanol–water partition coefficient (Wildman–Crippen LogP) is 7.04. The van der Waals surface area contributed by atoms with Gasteiger partial charge in [-0.3, -0.25) is 10.1 Å². The monoisotopic (exact) mass is 367 g/mol. The molecule has 0 saturated heterocycles. The van der Waals surface area contributed by atoms with E-state index in [-0.39, 0.29) is 11.5 Å². The molecule has 4 heteroatoms. The van der Waals surface area contributed by atoms with Crippen molar-refractivity contribution in [1.82, 2.24) is 0 Å². The minimum Gasteiger partial charge on any atom is -0.303 e. The predicted molar refractivity (Wildman–Crippen MR) is 110 cm³/mol. The second-order valence-electron chi connectivity index (χ2n) is 7.36. The number of allylic oxidation sites excluding steroid dienone is 2. The molecule has 0 rings (SSSR count). The third kappa shape index (κ3) is 22.8. The van der Waals surface area contributed by atoms with Crippen molar-refractivity contribution < 1.29 is 9.72 Å². The summed E-state index contributed by atoms with van der Waals surface area (Å²) in [6, 6.07) is 0. The Morgan fingerprint density at radius 2 is 0.885 bits per heavy atom. The molecule has 4 nitrogen and oxygen atoms in total. The quantitative estimate of drug-likeness (QED) is 0.0718. The van der Waals surface area contributed by atoms with E-state index in [0.717, 1.165) is 38.4 Å². The number of hydrogen-bond donors (Lipinski definition) is 0. The molecule has 0 aliphatic rings. The summed E-state index contributed by atoms with van der Waals surface area (Å²) in [5.41, 5.74) is 0. The number of carbonyl (C=O) groups excluding carboxylic acids is 1. The topological polar surface area (TPSA) is 60.2 Å². The van der Waals surface area contributed by atoms with Gasteiger partial charge in [-0.1, -0.05) is 76.4 Å². The Kier molecular flexibility index (Phi) is 20.9. The van der Waals surface area contributed by atoms with Crippen LogP contribution in [-0.4, -0.2) is 17.8 Å². The number of unbranched alkanes of at least 4 members (excludes halogenated alkanes) is 16. The summed E-state index contributed by atoms with van der Waals surface area (Å²) in [5, 5.41) is 10.2. The largest absolute Gasteiger partial charge is 0.303 e. The smallest absolute Gasteiger partial charge is 0.203 e. The molecule has 0 spiro atoms. The molecule has 0 aromatic rings. The van der Waals surface area contributed by atoms with E-state index in [9.17, 15) is 14.9 Å². The minimum absolute atomic E-state index is 0.130. The second-order valence-corrected chi connectivity index (χ2v) is 7.36. The fourth-order valence-electron chi connectivity index (χ4n) is 3.17. The Morgan fingerprint density at radius 3 is 1.27 bits per heavy atom. The average Bonchev–Trinajstić information content (AvgIpc) is 2.62. The first-order valence-corrected chi connectivity index (χ1v) is 11.0. The van der Waals surface area contributed by atoms with Crippen LogP contribution in [0.25, 0.3) is 0 Å². The maximum Gasteiger partial charge on any atom is 0.203 e. The van der Waals surface area contributed by atoms with Crippen molar-refractivity contribution in [3.05, 3.63) is 22.3 Å². The maximum absolute atomic E-state index is 10.2. The van der Waals surface area contributed by atoms with Gasteiger partial charge in [0.15, 0.2) is 0 Å². The molecule has 0 aromatic heterocycles. The molecular formula is C22H41NO3. The highest BCUT2D eigenvalue weighted by Crippen LogP contribution is 2.12. The van der Waals surface area contributed by atoms with Crippen LogP contribution in [0.1, 0.15) is 116 Å². The van der Waals surface area contributed by atoms with Crippen molar-refractivity contribution in [3.63, 3.8) is 0 Å². The molecule has 0 aliphatic carbocycles. The van der Waals surface area contributed by atoms with Crippen molar-refractivity contribution in [2.45, 2.75) is 116 Å². The Balaban J connectivity index is 3.08. The fraction of sp³-hybridized carbons (Fsp3) is 0.864. The van der Waals surface area contributed by atoms with Gasteiger partial charge in [-0.2, -0.15) is 0 Å². The summed E-state index contributed by atoms with van der Waals surface area (Å²) >= 11 is 0. The summed E-state index contributed by atoms with van der Waals surface area (Å²) in [6.45, 7) is 0.130. The van der Waals surface area contributed by atoms with Gasteiger partial charge in [0.05, 0.1) is 0 Å². The summed E-state index contributed by atoms with van der Waals surface area (Å²) in [7, 11) is 0. The van der Waals surface area contributed by atoms with Crippen molar-refractivity contribution in [1.29, 1.82) is 0 Å². The van der Waals surface area contributed by atoms with E-state index in [1.807, 2.05) is 0 Å². The van der Waals surface area contributed by atoms with Crippen LogP contribution >= 0.6 is 0 Å². The van der Waals surface area contributed by atoms with Gasteiger partial charge in [-0.05, 0) is 38.5 Å². The van der Waals surface area contributed by atoms with Gasteiger partial charge in [0, 0.05) is 17.8 Å². The summed E-state index contributed by atoms with van der Waals surface area (Å²) < 4.78 is 0. The molecule has 0 fully saturated rings.